The van der Waals surface area contributed by atoms with E-state index in [1.165, 1.54) is 19.1 Å². The summed E-state index contributed by atoms with van der Waals surface area (Å²) in [5, 5.41) is 4.76. The second-order valence-corrected chi connectivity index (χ2v) is 6.31. The molecular weight excluding hydrogens is 346 g/mol. The highest BCUT2D eigenvalue weighted by Crippen LogP contribution is 2.24. The van der Waals surface area contributed by atoms with Gasteiger partial charge in [-0.1, -0.05) is 0 Å². The summed E-state index contributed by atoms with van der Waals surface area (Å²) in [5.74, 6) is 1.92. The van der Waals surface area contributed by atoms with Crippen molar-refractivity contribution < 1.29 is 18.4 Å². The van der Waals surface area contributed by atoms with Crippen LogP contribution >= 0.6 is 0 Å². The Morgan fingerprint density at radius 1 is 1.22 bits per heavy atom. The highest BCUT2D eigenvalue weighted by molar-refractivity contribution is 5.96. The molecule has 1 N–H and O–H groups in total. The van der Waals surface area contributed by atoms with Crippen LogP contribution in [-0.4, -0.2) is 31.8 Å². The maximum absolute atomic E-state index is 12.2. The maximum Gasteiger partial charge on any atom is 0.307 e. The number of nitrogens with zero attached hydrogens (tertiary/aromatic N) is 2. The van der Waals surface area contributed by atoms with Crippen molar-refractivity contribution in [2.45, 2.75) is 19.8 Å². The fourth-order valence-electron chi connectivity index (χ4n) is 3.12. The van der Waals surface area contributed by atoms with Crippen LogP contribution in [0.3, 0.4) is 0 Å². The van der Waals surface area contributed by atoms with E-state index in [1.54, 1.807) is 12.1 Å². The van der Waals surface area contributed by atoms with Crippen molar-refractivity contribution in [2.75, 3.05) is 24.6 Å². The molecule has 0 bridgehead atoms. The smallest absolute Gasteiger partial charge is 0.307 e. The van der Waals surface area contributed by atoms with Crippen molar-refractivity contribution in [1.29, 1.82) is 0 Å². The second kappa shape index (κ2) is 7.57. The Bertz CT molecular complexity index is 967. The number of hydrogen-bond donors (Lipinski definition) is 1. The first-order valence-corrected chi connectivity index (χ1v) is 9.07. The van der Waals surface area contributed by atoms with Gasteiger partial charge in [0.2, 0.25) is 0 Å². The van der Waals surface area contributed by atoms with Crippen molar-refractivity contribution in [2.24, 2.45) is 5.10 Å². The van der Waals surface area contributed by atoms with Crippen LogP contribution in [0.25, 0.3) is 11.0 Å². The molecule has 7 heteroatoms. The largest absolute Gasteiger partial charge is 0.494 e. The molecule has 1 saturated heterocycles. The molecule has 1 aromatic carbocycles. The zero-order valence-corrected chi connectivity index (χ0v) is 15.1. The molecule has 1 aliphatic heterocycles. The predicted molar refractivity (Wildman–Crippen MR) is 103 cm³/mol. The lowest BCUT2D eigenvalue weighted by Crippen LogP contribution is -2.17. The van der Waals surface area contributed by atoms with Gasteiger partial charge in [-0.15, -0.1) is 0 Å². The molecule has 27 heavy (non-hydrogen) atoms. The number of fused-ring (bicyclic) bond motifs is 1. The first-order chi connectivity index (χ1) is 13.2. The third-order valence-corrected chi connectivity index (χ3v) is 4.41. The van der Waals surface area contributed by atoms with Gasteiger partial charge in [0.1, 0.15) is 17.1 Å². The van der Waals surface area contributed by atoms with Crippen LogP contribution < -0.4 is 15.1 Å². The van der Waals surface area contributed by atoms with E-state index in [1.807, 2.05) is 31.2 Å². The molecule has 0 aliphatic carbocycles. The zero-order chi connectivity index (χ0) is 18.6. The average molecular weight is 367 g/mol. The van der Waals surface area contributed by atoms with Gasteiger partial charge >= 0.3 is 5.91 Å². The quantitative estimate of drug-likeness (QED) is 0.530. The number of benzene rings is 1. The molecule has 1 fully saturated rings. The minimum atomic E-state index is -0.424. The highest BCUT2D eigenvalue weighted by atomic mass is 16.5. The lowest BCUT2D eigenvalue weighted by atomic mass is 10.2. The number of hydrazone groups is 1. The van der Waals surface area contributed by atoms with Gasteiger partial charge in [-0.3, -0.25) is 4.79 Å². The van der Waals surface area contributed by atoms with Gasteiger partial charge in [0.15, 0.2) is 11.6 Å². The van der Waals surface area contributed by atoms with E-state index in [2.05, 4.69) is 15.4 Å². The fraction of sp³-hybridized carbons (Fsp3) is 0.300. The van der Waals surface area contributed by atoms with Crippen LogP contribution in [0.5, 0.6) is 5.75 Å². The molecule has 0 radical (unpaired) electrons. The number of carbonyl (C=O) groups is 1. The minimum absolute atomic E-state index is 0.188. The highest BCUT2D eigenvalue weighted by Gasteiger charge is 2.15. The van der Waals surface area contributed by atoms with Gasteiger partial charge in [0.05, 0.1) is 12.8 Å². The Balaban J connectivity index is 1.40. The SMILES string of the molecule is CCOc1ccc2oc(C(=O)N/N=C/c3ccc(N4CCCC4)o3)cc2c1. The first-order valence-electron chi connectivity index (χ1n) is 9.07. The van der Waals surface area contributed by atoms with Gasteiger partial charge in [-0.2, -0.15) is 5.10 Å². The van der Waals surface area contributed by atoms with Gasteiger partial charge < -0.3 is 18.5 Å². The summed E-state index contributed by atoms with van der Waals surface area (Å²) >= 11 is 0. The predicted octanol–water partition coefficient (Wildman–Crippen LogP) is 3.79. The monoisotopic (exact) mass is 367 g/mol. The molecule has 3 aromatic rings. The van der Waals surface area contributed by atoms with Gasteiger partial charge in [-0.05, 0) is 50.1 Å². The molecule has 0 saturated carbocycles. The third kappa shape index (κ3) is 3.81. The number of ether oxygens (including phenoxy) is 1. The number of rotatable bonds is 6. The normalized spacial score (nSPS) is 14.3. The number of carbonyl (C=O) groups excluding carboxylic acids is 1. The molecule has 140 valence electrons. The third-order valence-electron chi connectivity index (χ3n) is 4.41. The molecular formula is C20H21N3O4. The van der Waals surface area contributed by atoms with Gasteiger partial charge in [-0.25, -0.2) is 5.43 Å². The van der Waals surface area contributed by atoms with Crippen LogP contribution in [-0.2, 0) is 0 Å². The summed E-state index contributed by atoms with van der Waals surface area (Å²) in [7, 11) is 0. The molecule has 0 spiro atoms. The number of anilines is 1. The van der Waals surface area contributed by atoms with Crippen molar-refractivity contribution >= 4 is 29.0 Å². The van der Waals surface area contributed by atoms with E-state index in [4.69, 9.17) is 13.6 Å². The number of amides is 1. The minimum Gasteiger partial charge on any atom is -0.494 e. The molecule has 2 aromatic heterocycles. The van der Waals surface area contributed by atoms with E-state index < -0.39 is 5.91 Å². The van der Waals surface area contributed by atoms with Crippen molar-refractivity contribution in [3.8, 4) is 5.75 Å². The van der Waals surface area contributed by atoms with Crippen molar-refractivity contribution in [3.63, 3.8) is 0 Å². The topological polar surface area (TPSA) is 80.2 Å². The molecule has 1 amide bonds. The van der Waals surface area contributed by atoms with Crippen LogP contribution in [0.2, 0.25) is 0 Å². The average Bonchev–Trinajstić information content (AvgIpc) is 3.41. The molecule has 0 unspecified atom stereocenters. The Labute approximate surface area is 156 Å². The summed E-state index contributed by atoms with van der Waals surface area (Å²) in [4.78, 5) is 14.4. The van der Waals surface area contributed by atoms with E-state index in [0.29, 0.717) is 18.0 Å². The Kier molecular flexibility index (Phi) is 4.82. The van der Waals surface area contributed by atoms with Crippen molar-refractivity contribution in [3.05, 3.63) is 47.9 Å². The molecule has 3 heterocycles. The standard InChI is InChI=1S/C20H21N3O4/c1-2-25-15-5-7-17-14(11-15)12-18(27-17)20(24)22-21-13-16-6-8-19(26-16)23-9-3-4-10-23/h5-8,11-13H,2-4,9-10H2,1H3,(H,22,24)/b21-13+. The van der Waals surface area contributed by atoms with Gasteiger partial charge in [0.25, 0.3) is 0 Å². The summed E-state index contributed by atoms with van der Waals surface area (Å²) in [5.41, 5.74) is 3.08. The molecule has 4 rings (SSSR count). The Morgan fingerprint density at radius 2 is 2.07 bits per heavy atom. The number of nitrogens with one attached hydrogen (secondary N) is 1. The summed E-state index contributed by atoms with van der Waals surface area (Å²) in [6.07, 6.45) is 3.85. The van der Waals surface area contributed by atoms with E-state index in [9.17, 15) is 4.79 Å². The second-order valence-electron chi connectivity index (χ2n) is 6.31. The van der Waals surface area contributed by atoms with E-state index in [-0.39, 0.29) is 5.76 Å². The van der Waals surface area contributed by atoms with Crippen molar-refractivity contribution in [1.82, 2.24) is 5.43 Å². The molecule has 7 nitrogen and oxygen atoms in total. The van der Waals surface area contributed by atoms with E-state index >= 15 is 0 Å². The molecule has 1 aliphatic rings. The van der Waals surface area contributed by atoms with Crippen LogP contribution in [0.1, 0.15) is 36.1 Å². The van der Waals surface area contributed by atoms with E-state index in [0.717, 1.165) is 30.1 Å². The number of furan rings is 2. The van der Waals surface area contributed by atoms with Crippen LogP contribution in [0.4, 0.5) is 5.88 Å². The summed E-state index contributed by atoms with van der Waals surface area (Å²) < 4.78 is 16.7. The lowest BCUT2D eigenvalue weighted by molar-refractivity contribution is 0.0929. The lowest BCUT2D eigenvalue weighted by Gasteiger charge is -2.12. The summed E-state index contributed by atoms with van der Waals surface area (Å²) in [6, 6.07) is 10.8. The molecule has 0 atom stereocenters. The number of hydrogen-bond acceptors (Lipinski definition) is 6. The summed E-state index contributed by atoms with van der Waals surface area (Å²) in [6.45, 7) is 4.52. The Morgan fingerprint density at radius 3 is 2.89 bits per heavy atom. The van der Waals surface area contributed by atoms with Gasteiger partial charge in [0, 0.05) is 24.5 Å². The maximum atomic E-state index is 12.2. The fourth-order valence-corrected chi connectivity index (χ4v) is 3.12. The zero-order valence-electron chi connectivity index (χ0n) is 15.1. The van der Waals surface area contributed by atoms with Crippen LogP contribution in [0, 0.1) is 0 Å². The van der Waals surface area contributed by atoms with Crippen LogP contribution in [0.15, 0.2) is 50.3 Å². The first kappa shape index (κ1) is 17.2. The Hall–Kier alpha value is -3.22.